The highest BCUT2D eigenvalue weighted by molar-refractivity contribution is 5.95. The van der Waals surface area contributed by atoms with Gasteiger partial charge in [-0.15, -0.1) is 0 Å². The van der Waals surface area contributed by atoms with E-state index < -0.39 is 5.82 Å². The molecule has 1 saturated heterocycles. The zero-order valence-electron chi connectivity index (χ0n) is 23.0. The van der Waals surface area contributed by atoms with E-state index >= 15 is 0 Å². The maximum Gasteiger partial charge on any atom is 0.251 e. The highest BCUT2D eigenvalue weighted by atomic mass is 19.1. The molecule has 0 atom stereocenters. The molecule has 0 aliphatic carbocycles. The third-order valence-electron chi connectivity index (χ3n) is 6.88. The van der Waals surface area contributed by atoms with Gasteiger partial charge in [-0.05, 0) is 43.0 Å². The van der Waals surface area contributed by atoms with Gasteiger partial charge in [-0.25, -0.2) is 14.4 Å². The van der Waals surface area contributed by atoms with Crippen LogP contribution in [0, 0.1) is 11.7 Å². The Morgan fingerprint density at radius 2 is 1.83 bits per heavy atom. The summed E-state index contributed by atoms with van der Waals surface area (Å²) >= 11 is 0. The first-order valence-corrected chi connectivity index (χ1v) is 13.4. The second-order valence-electron chi connectivity index (χ2n) is 9.61. The van der Waals surface area contributed by atoms with E-state index in [0.29, 0.717) is 55.7 Å². The van der Waals surface area contributed by atoms with Crippen molar-refractivity contribution < 1.29 is 23.4 Å². The standard InChI is InChI=1S/C29H32FN7O4/c1-39-12-13-41-25-16-22(15-24(17-25)40-2)29(38)32-18-20-6-10-36(11-7-20)28-26(30)19-31-27(35-28)21-4-3-5-23(14-21)37-33-8-9-34-37/h3-5,8-9,14-17,19-20H,6-7,10-13,18H2,1-2H3,(H,32,38). The molecule has 11 nitrogen and oxygen atoms in total. The molecule has 41 heavy (non-hydrogen) atoms. The van der Waals surface area contributed by atoms with Crippen LogP contribution in [0.1, 0.15) is 23.2 Å². The zero-order valence-corrected chi connectivity index (χ0v) is 23.0. The third-order valence-corrected chi connectivity index (χ3v) is 6.88. The number of piperidine rings is 1. The molecule has 1 aliphatic heterocycles. The Morgan fingerprint density at radius 1 is 1.05 bits per heavy atom. The fourth-order valence-corrected chi connectivity index (χ4v) is 4.67. The van der Waals surface area contributed by atoms with Crippen LogP contribution in [0.3, 0.4) is 0 Å². The van der Waals surface area contributed by atoms with Crippen molar-refractivity contribution in [3.63, 3.8) is 0 Å². The molecular weight excluding hydrogens is 529 g/mol. The molecule has 0 radical (unpaired) electrons. The molecule has 0 spiro atoms. The maximum absolute atomic E-state index is 14.8. The van der Waals surface area contributed by atoms with E-state index in [1.807, 2.05) is 29.2 Å². The number of benzene rings is 2. The van der Waals surface area contributed by atoms with Crippen LogP contribution in [-0.4, -0.2) is 77.9 Å². The predicted molar refractivity (Wildman–Crippen MR) is 150 cm³/mol. The smallest absolute Gasteiger partial charge is 0.251 e. The second-order valence-corrected chi connectivity index (χ2v) is 9.61. The van der Waals surface area contributed by atoms with Gasteiger partial charge < -0.3 is 24.4 Å². The number of anilines is 1. The summed E-state index contributed by atoms with van der Waals surface area (Å²) in [5.41, 5.74) is 1.95. The van der Waals surface area contributed by atoms with Gasteiger partial charge in [0, 0.05) is 43.9 Å². The van der Waals surface area contributed by atoms with E-state index in [2.05, 4.69) is 25.5 Å². The molecule has 4 aromatic rings. The molecular formula is C29H32FN7O4. The lowest BCUT2D eigenvalue weighted by atomic mass is 9.96. The van der Waals surface area contributed by atoms with Gasteiger partial charge in [0.05, 0.1) is 38.0 Å². The highest BCUT2D eigenvalue weighted by Gasteiger charge is 2.24. The van der Waals surface area contributed by atoms with E-state index in [0.717, 1.165) is 24.1 Å². The van der Waals surface area contributed by atoms with Crippen LogP contribution < -0.4 is 19.7 Å². The summed E-state index contributed by atoms with van der Waals surface area (Å²) in [4.78, 5) is 25.1. The first-order valence-electron chi connectivity index (χ1n) is 13.4. The number of rotatable bonds is 11. The van der Waals surface area contributed by atoms with Crippen molar-refractivity contribution in [2.75, 3.05) is 52.0 Å². The van der Waals surface area contributed by atoms with Gasteiger partial charge in [0.25, 0.3) is 5.91 Å². The number of hydrogen-bond donors (Lipinski definition) is 1. The predicted octanol–water partition coefficient (Wildman–Crippen LogP) is 3.54. The number of amides is 1. The van der Waals surface area contributed by atoms with Crippen molar-refractivity contribution in [2.45, 2.75) is 12.8 Å². The third kappa shape index (κ3) is 6.95. The summed E-state index contributed by atoms with van der Waals surface area (Å²) in [5.74, 6) is 1.35. The number of nitrogens with zero attached hydrogens (tertiary/aromatic N) is 6. The lowest BCUT2D eigenvalue weighted by Gasteiger charge is -2.33. The van der Waals surface area contributed by atoms with Crippen molar-refractivity contribution >= 4 is 11.7 Å². The van der Waals surface area contributed by atoms with Gasteiger partial charge in [0.1, 0.15) is 18.1 Å². The largest absolute Gasteiger partial charge is 0.497 e. The van der Waals surface area contributed by atoms with Crippen molar-refractivity contribution in [1.29, 1.82) is 0 Å². The van der Waals surface area contributed by atoms with Crippen LogP contribution in [0.25, 0.3) is 17.1 Å². The van der Waals surface area contributed by atoms with Gasteiger partial charge in [0.2, 0.25) is 0 Å². The van der Waals surface area contributed by atoms with Gasteiger partial charge in [-0.2, -0.15) is 15.0 Å². The topological polar surface area (TPSA) is 117 Å². The summed E-state index contributed by atoms with van der Waals surface area (Å²) in [6.45, 7) is 2.54. The average Bonchev–Trinajstić information content (AvgIpc) is 3.56. The fourth-order valence-electron chi connectivity index (χ4n) is 4.67. The molecule has 1 aliphatic rings. The van der Waals surface area contributed by atoms with Crippen molar-refractivity contribution in [3.8, 4) is 28.6 Å². The van der Waals surface area contributed by atoms with Gasteiger partial charge >= 0.3 is 0 Å². The summed E-state index contributed by atoms with van der Waals surface area (Å²) in [7, 11) is 3.14. The minimum Gasteiger partial charge on any atom is -0.497 e. The molecule has 0 unspecified atom stereocenters. The number of ether oxygens (including phenoxy) is 3. The van der Waals surface area contributed by atoms with Crippen LogP contribution in [0.15, 0.2) is 61.1 Å². The van der Waals surface area contributed by atoms with Crippen molar-refractivity contribution in [2.24, 2.45) is 5.92 Å². The molecule has 1 fully saturated rings. The van der Waals surface area contributed by atoms with E-state index in [1.54, 1.807) is 44.8 Å². The minimum absolute atomic E-state index is 0.207. The number of carbonyl (C=O) groups excluding carboxylic acids is 1. The first-order chi connectivity index (χ1) is 20.0. The number of aromatic nitrogens is 5. The molecule has 1 N–H and O–H groups in total. The zero-order chi connectivity index (χ0) is 28.6. The summed E-state index contributed by atoms with van der Waals surface area (Å²) in [6.07, 6.45) is 5.98. The Hall–Kier alpha value is -4.58. The van der Waals surface area contributed by atoms with E-state index in [-0.39, 0.29) is 17.6 Å². The number of carbonyl (C=O) groups is 1. The highest BCUT2D eigenvalue weighted by Crippen LogP contribution is 2.27. The Bertz CT molecular complexity index is 1460. The first kappa shape index (κ1) is 28.0. The molecule has 0 bridgehead atoms. The van der Waals surface area contributed by atoms with E-state index in [4.69, 9.17) is 14.2 Å². The van der Waals surface area contributed by atoms with Crippen LogP contribution in [-0.2, 0) is 4.74 Å². The van der Waals surface area contributed by atoms with E-state index in [9.17, 15) is 9.18 Å². The average molecular weight is 562 g/mol. The summed E-state index contributed by atoms with van der Waals surface area (Å²) in [6, 6.07) is 12.6. The van der Waals surface area contributed by atoms with Crippen molar-refractivity contribution in [1.82, 2.24) is 30.3 Å². The molecule has 214 valence electrons. The molecule has 12 heteroatoms. The van der Waals surface area contributed by atoms with Gasteiger partial charge in [0.15, 0.2) is 17.5 Å². The molecule has 2 aromatic heterocycles. The van der Waals surface area contributed by atoms with Gasteiger partial charge in [-0.3, -0.25) is 4.79 Å². The van der Waals surface area contributed by atoms with Crippen LogP contribution in [0.4, 0.5) is 10.2 Å². The van der Waals surface area contributed by atoms with Crippen molar-refractivity contribution in [3.05, 3.63) is 72.4 Å². The Kier molecular flexibility index (Phi) is 8.99. The molecule has 0 saturated carbocycles. The number of methoxy groups -OCH3 is 2. The Morgan fingerprint density at radius 3 is 2.59 bits per heavy atom. The SMILES string of the molecule is COCCOc1cc(OC)cc(C(=O)NCC2CCN(c3nc(-c4cccc(-n5nccn5)c4)ncc3F)CC2)c1. The second kappa shape index (κ2) is 13.2. The number of nitrogens with one attached hydrogen (secondary N) is 1. The number of hydrogen-bond acceptors (Lipinski definition) is 9. The monoisotopic (exact) mass is 561 g/mol. The Balaban J connectivity index is 1.19. The normalized spacial score (nSPS) is 13.7. The lowest BCUT2D eigenvalue weighted by molar-refractivity contribution is 0.0943. The molecule has 1 amide bonds. The van der Waals surface area contributed by atoms with E-state index in [1.165, 1.54) is 11.0 Å². The maximum atomic E-state index is 14.8. The molecule has 3 heterocycles. The van der Waals surface area contributed by atoms with Crippen LogP contribution in [0.5, 0.6) is 11.5 Å². The number of halogens is 1. The Labute approximate surface area is 237 Å². The molecule has 2 aromatic carbocycles. The minimum atomic E-state index is -0.466. The van der Waals surface area contributed by atoms with Crippen LogP contribution >= 0.6 is 0 Å². The molecule has 5 rings (SSSR count). The fraction of sp³-hybridized carbons (Fsp3) is 0.345. The van der Waals surface area contributed by atoms with Crippen LogP contribution in [0.2, 0.25) is 0 Å². The summed E-state index contributed by atoms with van der Waals surface area (Å²) in [5, 5.41) is 11.3. The summed E-state index contributed by atoms with van der Waals surface area (Å²) < 4.78 is 30.8. The van der Waals surface area contributed by atoms with Gasteiger partial charge in [-0.1, -0.05) is 12.1 Å². The quantitative estimate of drug-likeness (QED) is 0.275. The lowest BCUT2D eigenvalue weighted by Crippen LogP contribution is -2.39.